The van der Waals surface area contributed by atoms with Gasteiger partial charge in [0.2, 0.25) is 0 Å². The van der Waals surface area contributed by atoms with E-state index in [1.807, 2.05) is 13.8 Å². The molecule has 1 saturated carbocycles. The molecule has 0 amide bonds. The molecule has 0 atom stereocenters. The van der Waals surface area contributed by atoms with Crippen LogP contribution in [0, 0.1) is 5.41 Å². The second kappa shape index (κ2) is 18.9. The Morgan fingerprint density at radius 2 is 1.06 bits per heavy atom. The number of carbonyl (C=O) groups excluding carboxylic acids is 2. The van der Waals surface area contributed by atoms with E-state index in [-0.39, 0.29) is 17.0 Å². The van der Waals surface area contributed by atoms with Crippen molar-refractivity contribution in [2.45, 2.75) is 33.6 Å². The summed E-state index contributed by atoms with van der Waals surface area (Å²) in [5, 5.41) is 3.12. The Kier molecular flexibility index (Phi) is 17.0. The summed E-state index contributed by atoms with van der Waals surface area (Å²) in [6, 6.07) is 0. The Bertz CT molecular complexity index is 588. The zero-order chi connectivity index (χ0) is 25.1. The molecule has 0 saturated heterocycles. The second-order valence-corrected chi connectivity index (χ2v) is 8.75. The third kappa shape index (κ3) is 14.8. The van der Waals surface area contributed by atoms with Gasteiger partial charge in [-0.05, 0) is 12.3 Å². The zero-order valence-electron chi connectivity index (χ0n) is 21.2. The van der Waals surface area contributed by atoms with Crippen LogP contribution in [0.5, 0.6) is 0 Å². The van der Waals surface area contributed by atoms with Crippen LogP contribution in [0.15, 0.2) is 11.3 Å². The monoisotopic (exact) mass is 488 g/mol. The first-order chi connectivity index (χ1) is 16.4. The summed E-state index contributed by atoms with van der Waals surface area (Å²) in [4.78, 5) is 24.6. The third-order valence-electron chi connectivity index (χ3n) is 4.97. The van der Waals surface area contributed by atoms with Crippen LogP contribution in [0.2, 0.25) is 0 Å². The Balaban J connectivity index is 1.87. The Morgan fingerprint density at radius 3 is 1.44 bits per heavy atom. The maximum atomic E-state index is 12.3. The first kappa shape index (κ1) is 30.6. The normalized spacial score (nSPS) is 15.7. The summed E-state index contributed by atoms with van der Waals surface area (Å²) in [5.74, 6) is -0.160. The number of nitrogens with two attached hydrogens (primary N) is 1. The van der Waals surface area contributed by atoms with Gasteiger partial charge in [0.15, 0.2) is 11.6 Å². The van der Waals surface area contributed by atoms with Crippen molar-refractivity contribution in [3.63, 3.8) is 0 Å². The molecule has 10 nitrogen and oxygen atoms in total. The third-order valence-corrected chi connectivity index (χ3v) is 4.97. The van der Waals surface area contributed by atoms with Crippen LogP contribution in [0.25, 0.3) is 0 Å². The van der Waals surface area contributed by atoms with Gasteiger partial charge in [-0.15, -0.1) is 0 Å². The number of hydrogen-bond acceptors (Lipinski definition) is 10. The molecule has 0 aromatic heterocycles. The zero-order valence-corrected chi connectivity index (χ0v) is 21.2. The molecule has 0 aromatic rings. The summed E-state index contributed by atoms with van der Waals surface area (Å²) in [5.41, 5.74) is 6.00. The van der Waals surface area contributed by atoms with Gasteiger partial charge in [-0.1, -0.05) is 13.8 Å². The van der Waals surface area contributed by atoms with Gasteiger partial charge in [0.1, 0.15) is 0 Å². The number of nitrogens with one attached hydrogen (secondary N) is 1. The van der Waals surface area contributed by atoms with E-state index in [9.17, 15) is 9.59 Å². The largest absolute Gasteiger partial charge is 0.386 e. The van der Waals surface area contributed by atoms with Crippen molar-refractivity contribution in [1.82, 2.24) is 5.32 Å². The minimum Gasteiger partial charge on any atom is -0.386 e. The van der Waals surface area contributed by atoms with Crippen LogP contribution in [0.1, 0.15) is 33.6 Å². The van der Waals surface area contributed by atoms with Gasteiger partial charge in [-0.25, -0.2) is 0 Å². The lowest BCUT2D eigenvalue weighted by Crippen LogP contribution is -2.34. The molecule has 0 aliphatic heterocycles. The molecule has 198 valence electrons. The molecule has 0 heterocycles. The van der Waals surface area contributed by atoms with Crippen molar-refractivity contribution in [2.24, 2.45) is 11.1 Å². The van der Waals surface area contributed by atoms with E-state index >= 15 is 0 Å². The van der Waals surface area contributed by atoms with Crippen LogP contribution in [0.3, 0.4) is 0 Å². The number of carbonyl (C=O) groups is 2. The lowest BCUT2D eigenvalue weighted by atomic mass is 9.73. The topological polar surface area (TPSA) is 128 Å². The Morgan fingerprint density at radius 1 is 0.706 bits per heavy atom. The lowest BCUT2D eigenvalue weighted by molar-refractivity contribution is -0.127. The van der Waals surface area contributed by atoms with Gasteiger partial charge >= 0.3 is 0 Å². The van der Waals surface area contributed by atoms with Gasteiger partial charge in [-0.2, -0.15) is 0 Å². The maximum absolute atomic E-state index is 12.3. The summed E-state index contributed by atoms with van der Waals surface area (Å²) >= 11 is 0. The molecule has 0 spiro atoms. The second-order valence-electron chi connectivity index (χ2n) is 8.75. The molecule has 0 aromatic carbocycles. The number of allylic oxidation sites excluding steroid dienone is 2. The van der Waals surface area contributed by atoms with Gasteiger partial charge in [0.25, 0.3) is 0 Å². The smallest absolute Gasteiger partial charge is 0.168 e. The van der Waals surface area contributed by atoms with E-state index in [2.05, 4.69) is 5.32 Å². The van der Waals surface area contributed by atoms with E-state index in [1.54, 1.807) is 6.92 Å². The van der Waals surface area contributed by atoms with E-state index in [1.165, 1.54) is 0 Å². The quantitative estimate of drug-likeness (QED) is 0.136. The van der Waals surface area contributed by atoms with Gasteiger partial charge in [0, 0.05) is 31.6 Å². The minimum atomic E-state index is -0.254. The minimum absolute atomic E-state index is 0.0800. The average molecular weight is 489 g/mol. The summed E-state index contributed by atoms with van der Waals surface area (Å²) < 4.78 is 32.3. The average Bonchev–Trinajstić information content (AvgIpc) is 2.76. The molecule has 3 N–H and O–H groups in total. The number of ketones is 2. The molecule has 0 bridgehead atoms. The molecule has 0 radical (unpaired) electrons. The van der Waals surface area contributed by atoms with E-state index in [0.29, 0.717) is 116 Å². The lowest BCUT2D eigenvalue weighted by Gasteiger charge is -2.29. The fraction of sp³-hybridized carbons (Fsp3) is 0.833. The summed E-state index contributed by atoms with van der Waals surface area (Å²) in [7, 11) is 0. The predicted molar refractivity (Wildman–Crippen MR) is 128 cm³/mol. The first-order valence-corrected chi connectivity index (χ1v) is 12.0. The SMILES string of the molecule is CC(NCCOCCOCCOCCOCCOCCOCCN)=C1C(=O)CC(C)(C)CC1=O. The molecule has 0 unspecified atom stereocenters. The molecular formula is C24H44N2O8. The molecule has 34 heavy (non-hydrogen) atoms. The van der Waals surface area contributed by atoms with Crippen molar-refractivity contribution in [1.29, 1.82) is 0 Å². The van der Waals surface area contributed by atoms with Crippen molar-refractivity contribution in [2.75, 3.05) is 92.4 Å². The number of Topliss-reactive ketones (excluding diaryl/α,β-unsaturated/α-hetero) is 2. The van der Waals surface area contributed by atoms with Crippen LogP contribution in [-0.4, -0.2) is 104 Å². The molecule has 1 rings (SSSR count). The van der Waals surface area contributed by atoms with Crippen LogP contribution in [-0.2, 0) is 38.0 Å². The fourth-order valence-corrected chi connectivity index (χ4v) is 3.37. The molecule has 1 aliphatic carbocycles. The van der Waals surface area contributed by atoms with Crippen molar-refractivity contribution in [3.05, 3.63) is 11.3 Å². The highest BCUT2D eigenvalue weighted by molar-refractivity contribution is 6.22. The maximum Gasteiger partial charge on any atom is 0.168 e. The van der Waals surface area contributed by atoms with Crippen LogP contribution >= 0.6 is 0 Å². The first-order valence-electron chi connectivity index (χ1n) is 12.0. The van der Waals surface area contributed by atoms with Crippen molar-refractivity contribution >= 4 is 11.6 Å². The number of rotatable bonds is 21. The summed E-state index contributed by atoms with van der Waals surface area (Å²) in [6.45, 7) is 12.8. The van der Waals surface area contributed by atoms with E-state index in [0.717, 1.165) is 0 Å². The molecule has 1 aliphatic rings. The van der Waals surface area contributed by atoms with Crippen molar-refractivity contribution in [3.8, 4) is 0 Å². The van der Waals surface area contributed by atoms with Crippen LogP contribution in [0.4, 0.5) is 0 Å². The standard InChI is InChI=1S/C24H44N2O8/c1-20(23-21(27)18-24(2,3)19-22(23)28)26-5-7-30-9-11-32-13-15-34-17-16-33-14-12-31-10-8-29-6-4-25/h26H,4-19,25H2,1-3H3. The Hall–Kier alpha value is -1.40. The predicted octanol–water partition coefficient (Wildman–Crippen LogP) is 0.867. The van der Waals surface area contributed by atoms with E-state index in [4.69, 9.17) is 34.2 Å². The van der Waals surface area contributed by atoms with Crippen LogP contribution < -0.4 is 11.1 Å². The number of ether oxygens (including phenoxy) is 6. The molecule has 10 heteroatoms. The Labute approximate surface area is 203 Å². The van der Waals surface area contributed by atoms with E-state index < -0.39 is 0 Å². The molecule has 1 fully saturated rings. The molecular weight excluding hydrogens is 444 g/mol. The van der Waals surface area contributed by atoms with Gasteiger partial charge in [0.05, 0.1) is 84.9 Å². The summed E-state index contributed by atoms with van der Waals surface area (Å²) in [6.07, 6.45) is 0.804. The van der Waals surface area contributed by atoms with Gasteiger partial charge < -0.3 is 39.5 Å². The number of hydrogen-bond donors (Lipinski definition) is 2. The highest BCUT2D eigenvalue weighted by atomic mass is 16.6. The van der Waals surface area contributed by atoms with Gasteiger partial charge in [-0.3, -0.25) is 9.59 Å². The fourth-order valence-electron chi connectivity index (χ4n) is 3.37. The highest BCUT2D eigenvalue weighted by Crippen LogP contribution is 2.34. The highest BCUT2D eigenvalue weighted by Gasteiger charge is 2.36. The van der Waals surface area contributed by atoms with Crippen molar-refractivity contribution < 1.29 is 38.0 Å².